The summed E-state index contributed by atoms with van der Waals surface area (Å²) in [5, 5.41) is 9.49. The van der Waals surface area contributed by atoms with Gasteiger partial charge in [0, 0.05) is 6.42 Å². The van der Waals surface area contributed by atoms with Crippen LogP contribution in [0.15, 0.2) is 60.8 Å². The third-order valence-corrected chi connectivity index (χ3v) is 7.11. The lowest BCUT2D eigenvalue weighted by Crippen LogP contribution is -2.28. The fourth-order valence-corrected chi connectivity index (χ4v) is 4.51. The minimum absolute atomic E-state index is 0.106. The van der Waals surface area contributed by atoms with Gasteiger partial charge >= 0.3 is 11.9 Å². The van der Waals surface area contributed by atoms with Crippen LogP contribution >= 0.6 is 0 Å². The summed E-state index contributed by atoms with van der Waals surface area (Å²) >= 11 is 0. The highest BCUT2D eigenvalue weighted by molar-refractivity contribution is 5.71. The molecule has 1 unspecified atom stereocenters. The maximum absolute atomic E-state index is 12.0. The molecule has 0 aliphatic rings. The van der Waals surface area contributed by atoms with Crippen molar-refractivity contribution in [3.05, 3.63) is 60.8 Å². The highest BCUT2D eigenvalue weighted by Crippen LogP contribution is 2.13. The van der Waals surface area contributed by atoms with Crippen LogP contribution in [-0.2, 0) is 19.1 Å². The number of carbonyl (C=O) groups is 2. The molecule has 43 heavy (non-hydrogen) atoms. The molecular weight excluding hydrogens is 536 g/mol. The van der Waals surface area contributed by atoms with Gasteiger partial charge in [-0.05, 0) is 38.5 Å². The van der Waals surface area contributed by atoms with Gasteiger partial charge in [0.15, 0.2) is 6.10 Å². The molecule has 0 spiro atoms. The van der Waals surface area contributed by atoms with Crippen molar-refractivity contribution in [1.82, 2.24) is 0 Å². The topological polar surface area (TPSA) is 72.8 Å². The summed E-state index contributed by atoms with van der Waals surface area (Å²) in [6.45, 7) is 3.92. The lowest BCUT2D eigenvalue weighted by molar-refractivity contribution is -0.160. The average molecular weight is 601 g/mol. The summed E-state index contributed by atoms with van der Waals surface area (Å²) in [5.74, 6) is -0.741. The smallest absolute Gasteiger partial charge is 0.310 e. The number of hydrogen-bond acceptors (Lipinski definition) is 5. The Morgan fingerprint density at radius 2 is 0.977 bits per heavy atom. The number of esters is 2. The molecule has 0 fully saturated rings. The standard InChI is InChI=1S/C38H64O5/c1-3-5-7-9-11-13-15-17-19-21-23-25-27-29-31-33-38(41)43-36(34-39)35-42-37(40)32-30-28-26-24-22-20-18-16-14-12-10-8-6-4-2/h5,7,11,13,17,19,23,25,29,31,36,39H,3-4,6,8-10,12,14-16,18,20-22,24,26-28,30,32-35H2,1-2H3/b7-5-,13-11-,19-17-,25-23-,31-29-. The molecule has 5 nitrogen and oxygen atoms in total. The molecule has 0 heterocycles. The fourth-order valence-electron chi connectivity index (χ4n) is 4.51. The van der Waals surface area contributed by atoms with Gasteiger partial charge in [0.1, 0.15) is 6.61 Å². The van der Waals surface area contributed by atoms with E-state index in [1.54, 1.807) is 6.08 Å². The molecule has 0 rings (SSSR count). The van der Waals surface area contributed by atoms with Crippen LogP contribution in [0.25, 0.3) is 0 Å². The number of rotatable bonds is 30. The van der Waals surface area contributed by atoms with Gasteiger partial charge in [-0.1, -0.05) is 158 Å². The Kier molecular flexibility index (Phi) is 32.2. The molecule has 0 aromatic heterocycles. The normalized spacial score (nSPS) is 12.9. The van der Waals surface area contributed by atoms with Crippen molar-refractivity contribution in [2.45, 2.75) is 155 Å². The zero-order valence-electron chi connectivity index (χ0n) is 27.7. The Morgan fingerprint density at radius 1 is 0.558 bits per heavy atom. The Hall–Kier alpha value is -2.40. The largest absolute Gasteiger partial charge is 0.462 e. The van der Waals surface area contributed by atoms with E-state index in [4.69, 9.17) is 9.47 Å². The van der Waals surface area contributed by atoms with Crippen molar-refractivity contribution in [2.24, 2.45) is 0 Å². The van der Waals surface area contributed by atoms with Crippen molar-refractivity contribution < 1.29 is 24.2 Å². The molecule has 0 saturated heterocycles. The van der Waals surface area contributed by atoms with Crippen LogP contribution in [0.1, 0.15) is 149 Å². The Morgan fingerprint density at radius 3 is 1.42 bits per heavy atom. The summed E-state index contributed by atoms with van der Waals surface area (Å²) in [4.78, 5) is 24.1. The van der Waals surface area contributed by atoms with Crippen molar-refractivity contribution in [1.29, 1.82) is 0 Å². The summed E-state index contributed by atoms with van der Waals surface area (Å²) in [6, 6.07) is 0. The van der Waals surface area contributed by atoms with E-state index < -0.39 is 12.1 Å². The molecule has 246 valence electrons. The van der Waals surface area contributed by atoms with Gasteiger partial charge in [0.2, 0.25) is 0 Å². The molecule has 0 aliphatic heterocycles. The summed E-state index contributed by atoms with van der Waals surface area (Å²) in [5.41, 5.74) is 0. The van der Waals surface area contributed by atoms with Gasteiger partial charge in [-0.3, -0.25) is 9.59 Å². The Labute approximate surface area is 264 Å². The predicted molar refractivity (Wildman–Crippen MR) is 182 cm³/mol. The maximum atomic E-state index is 12.0. The molecule has 0 aromatic carbocycles. The van der Waals surface area contributed by atoms with Gasteiger partial charge in [0.25, 0.3) is 0 Å². The fraction of sp³-hybridized carbons (Fsp3) is 0.684. The van der Waals surface area contributed by atoms with E-state index in [2.05, 4.69) is 62.5 Å². The summed E-state index contributed by atoms with van der Waals surface area (Å²) in [7, 11) is 0. The van der Waals surface area contributed by atoms with Gasteiger partial charge in [-0.2, -0.15) is 0 Å². The number of carbonyl (C=O) groups excluding carboxylic acids is 2. The highest BCUT2D eigenvalue weighted by atomic mass is 16.6. The number of aliphatic hydroxyl groups is 1. The van der Waals surface area contributed by atoms with Crippen LogP contribution in [0.5, 0.6) is 0 Å². The summed E-state index contributed by atoms with van der Waals surface area (Å²) < 4.78 is 10.5. The van der Waals surface area contributed by atoms with E-state index in [9.17, 15) is 14.7 Å². The number of unbranched alkanes of at least 4 members (excludes halogenated alkanes) is 13. The number of hydrogen-bond donors (Lipinski definition) is 1. The second-order valence-corrected chi connectivity index (χ2v) is 11.2. The molecule has 0 amide bonds. The zero-order chi connectivity index (χ0) is 31.5. The first-order valence-corrected chi connectivity index (χ1v) is 17.3. The minimum Gasteiger partial charge on any atom is -0.462 e. The SMILES string of the molecule is CC/C=C\C/C=C\C/C=C\C/C=C\C/C=C\CC(=O)OC(CO)COC(=O)CCCCCCCCCCCCCCCC. The van der Waals surface area contributed by atoms with Crippen LogP contribution < -0.4 is 0 Å². The second kappa shape index (κ2) is 34.1. The van der Waals surface area contributed by atoms with Crippen LogP contribution in [-0.4, -0.2) is 36.4 Å². The lowest BCUT2D eigenvalue weighted by atomic mass is 10.0. The third-order valence-electron chi connectivity index (χ3n) is 7.11. The van der Waals surface area contributed by atoms with Gasteiger partial charge in [0.05, 0.1) is 13.0 Å². The molecule has 0 saturated carbocycles. The molecule has 1 atom stereocenters. The van der Waals surface area contributed by atoms with Crippen molar-refractivity contribution >= 4 is 11.9 Å². The number of ether oxygens (including phenoxy) is 2. The van der Waals surface area contributed by atoms with E-state index in [1.807, 2.05) is 6.08 Å². The van der Waals surface area contributed by atoms with Gasteiger partial charge < -0.3 is 14.6 Å². The van der Waals surface area contributed by atoms with E-state index >= 15 is 0 Å². The van der Waals surface area contributed by atoms with Gasteiger partial charge in [-0.25, -0.2) is 0 Å². The maximum Gasteiger partial charge on any atom is 0.310 e. The monoisotopic (exact) mass is 600 g/mol. The Balaban J connectivity index is 3.73. The van der Waals surface area contributed by atoms with E-state index in [1.165, 1.54) is 70.6 Å². The van der Waals surface area contributed by atoms with Crippen molar-refractivity contribution in [3.8, 4) is 0 Å². The molecule has 0 radical (unpaired) electrons. The van der Waals surface area contributed by atoms with Crippen molar-refractivity contribution in [2.75, 3.05) is 13.2 Å². The first-order valence-electron chi connectivity index (χ1n) is 17.3. The molecule has 0 aromatic rings. The number of aliphatic hydroxyl groups excluding tert-OH is 1. The first kappa shape index (κ1) is 40.6. The minimum atomic E-state index is -0.824. The van der Waals surface area contributed by atoms with Crippen LogP contribution in [0.3, 0.4) is 0 Å². The quantitative estimate of drug-likeness (QED) is 0.0504. The molecule has 0 bridgehead atoms. The number of allylic oxidation sites excluding steroid dienone is 9. The van der Waals surface area contributed by atoms with Gasteiger partial charge in [-0.15, -0.1) is 0 Å². The van der Waals surface area contributed by atoms with Crippen LogP contribution in [0.2, 0.25) is 0 Å². The Bertz CT molecular complexity index is 777. The van der Waals surface area contributed by atoms with E-state index in [0.29, 0.717) is 6.42 Å². The van der Waals surface area contributed by atoms with Crippen LogP contribution in [0, 0.1) is 0 Å². The highest BCUT2D eigenvalue weighted by Gasteiger charge is 2.15. The predicted octanol–water partition coefficient (Wildman–Crippen LogP) is 10.4. The third kappa shape index (κ3) is 32.4. The second-order valence-electron chi connectivity index (χ2n) is 11.2. The molecule has 1 N–H and O–H groups in total. The van der Waals surface area contributed by atoms with E-state index in [0.717, 1.165) is 51.4 Å². The average Bonchev–Trinajstić information content (AvgIpc) is 3.01. The molecule has 0 aliphatic carbocycles. The lowest BCUT2D eigenvalue weighted by Gasteiger charge is -2.15. The van der Waals surface area contributed by atoms with E-state index in [-0.39, 0.29) is 25.6 Å². The van der Waals surface area contributed by atoms with Crippen LogP contribution in [0.4, 0.5) is 0 Å². The first-order chi connectivity index (χ1) is 21.1. The molecule has 5 heteroatoms. The molecular formula is C38H64O5. The zero-order valence-corrected chi connectivity index (χ0v) is 27.7. The summed E-state index contributed by atoms with van der Waals surface area (Å²) in [6.07, 6.45) is 43.0. The van der Waals surface area contributed by atoms with Crippen molar-refractivity contribution in [3.63, 3.8) is 0 Å².